The molecular weight excluding hydrogens is 204 g/mol. The molecule has 0 aliphatic carbocycles. The number of halogens is 1. The molecule has 0 radical (unpaired) electrons. The van der Waals surface area contributed by atoms with Crippen molar-refractivity contribution in [2.24, 2.45) is 0 Å². The highest BCUT2D eigenvalue weighted by Crippen LogP contribution is 1.97. The van der Waals surface area contributed by atoms with Gasteiger partial charge in [-0.1, -0.05) is 35.7 Å². The Morgan fingerprint density at radius 2 is 1.64 bits per heavy atom. The van der Waals surface area contributed by atoms with Crippen molar-refractivity contribution in [2.75, 3.05) is 18.5 Å². The minimum Gasteiger partial charge on any atom is -0.381 e. The van der Waals surface area contributed by atoms with Gasteiger partial charge in [0.15, 0.2) is 0 Å². The summed E-state index contributed by atoms with van der Waals surface area (Å²) >= 11 is 3.39. The first-order valence-electron chi connectivity index (χ1n) is 4.55. The molecule has 0 rings (SSSR count). The Morgan fingerprint density at radius 1 is 1.00 bits per heavy atom. The predicted molar refractivity (Wildman–Crippen MR) is 53.4 cm³/mol. The molecular formula is C9H19BrO. The molecule has 68 valence electrons. The molecule has 0 heterocycles. The lowest BCUT2D eigenvalue weighted by Crippen LogP contribution is -1.96. The van der Waals surface area contributed by atoms with E-state index in [1.807, 2.05) is 0 Å². The molecule has 0 bridgehead atoms. The minimum atomic E-state index is 0.940. The average molecular weight is 223 g/mol. The van der Waals surface area contributed by atoms with Crippen molar-refractivity contribution in [2.45, 2.75) is 39.0 Å². The lowest BCUT2D eigenvalue weighted by Gasteiger charge is -2.01. The van der Waals surface area contributed by atoms with Crippen LogP contribution in [0.25, 0.3) is 0 Å². The molecule has 0 aliphatic heterocycles. The second kappa shape index (κ2) is 10.4. The molecule has 0 saturated carbocycles. The Bertz CT molecular complexity index is 58.6. The smallest absolute Gasteiger partial charge is 0.0466 e. The van der Waals surface area contributed by atoms with Crippen LogP contribution in [-0.2, 0) is 4.74 Å². The van der Waals surface area contributed by atoms with Gasteiger partial charge in [0.25, 0.3) is 0 Å². The number of unbranched alkanes of at least 4 members (excludes halogenated alkanes) is 3. The van der Waals surface area contributed by atoms with E-state index in [9.17, 15) is 0 Å². The zero-order valence-electron chi connectivity index (χ0n) is 7.44. The number of rotatable bonds is 8. The van der Waals surface area contributed by atoms with Crippen LogP contribution >= 0.6 is 15.9 Å². The maximum atomic E-state index is 5.42. The second-order valence-electron chi connectivity index (χ2n) is 2.72. The Kier molecular flexibility index (Phi) is 10.9. The largest absolute Gasteiger partial charge is 0.381 e. The lowest BCUT2D eigenvalue weighted by molar-refractivity contribution is 0.127. The van der Waals surface area contributed by atoms with E-state index in [2.05, 4.69) is 22.9 Å². The molecule has 0 aromatic carbocycles. The van der Waals surface area contributed by atoms with Crippen molar-refractivity contribution in [3.05, 3.63) is 0 Å². The quantitative estimate of drug-likeness (QED) is 0.452. The molecule has 0 amide bonds. The normalized spacial score (nSPS) is 10.4. The third-order valence-electron chi connectivity index (χ3n) is 1.56. The van der Waals surface area contributed by atoms with Crippen LogP contribution in [0.15, 0.2) is 0 Å². The Balaban J connectivity index is 2.69. The summed E-state index contributed by atoms with van der Waals surface area (Å²) in [5, 5.41) is 1.10. The van der Waals surface area contributed by atoms with Crippen LogP contribution in [0, 0.1) is 0 Å². The van der Waals surface area contributed by atoms with Crippen molar-refractivity contribution in [3.63, 3.8) is 0 Å². The SMILES string of the molecule is CCCCCOCCCCBr. The van der Waals surface area contributed by atoms with Gasteiger partial charge in [-0.2, -0.15) is 0 Å². The van der Waals surface area contributed by atoms with Gasteiger partial charge in [-0.15, -0.1) is 0 Å². The maximum absolute atomic E-state index is 5.42. The fourth-order valence-electron chi connectivity index (χ4n) is 0.855. The van der Waals surface area contributed by atoms with Crippen LogP contribution in [0.3, 0.4) is 0 Å². The highest BCUT2D eigenvalue weighted by molar-refractivity contribution is 9.09. The first-order chi connectivity index (χ1) is 5.41. The average Bonchev–Trinajstić information content (AvgIpc) is 2.03. The highest BCUT2D eigenvalue weighted by Gasteiger charge is 1.88. The standard InChI is InChI=1S/C9H19BrO/c1-2-3-5-8-11-9-6-4-7-10/h2-9H2,1H3. The Hall–Kier alpha value is 0.440. The van der Waals surface area contributed by atoms with E-state index in [1.54, 1.807) is 0 Å². The second-order valence-corrected chi connectivity index (χ2v) is 3.51. The van der Waals surface area contributed by atoms with Gasteiger partial charge in [-0.25, -0.2) is 0 Å². The summed E-state index contributed by atoms with van der Waals surface area (Å²) in [6.45, 7) is 4.11. The minimum absolute atomic E-state index is 0.940. The number of hydrogen-bond donors (Lipinski definition) is 0. The molecule has 1 nitrogen and oxygen atoms in total. The fraction of sp³-hybridized carbons (Fsp3) is 1.00. The van der Waals surface area contributed by atoms with E-state index in [-0.39, 0.29) is 0 Å². The molecule has 0 saturated heterocycles. The van der Waals surface area contributed by atoms with Gasteiger partial charge >= 0.3 is 0 Å². The van der Waals surface area contributed by atoms with E-state index in [0.29, 0.717) is 0 Å². The number of hydrogen-bond acceptors (Lipinski definition) is 1. The van der Waals surface area contributed by atoms with E-state index in [0.717, 1.165) is 18.5 Å². The van der Waals surface area contributed by atoms with Gasteiger partial charge < -0.3 is 4.74 Å². The molecule has 0 spiro atoms. The van der Waals surface area contributed by atoms with Crippen LogP contribution < -0.4 is 0 Å². The first kappa shape index (κ1) is 11.4. The van der Waals surface area contributed by atoms with Crippen LogP contribution in [0.5, 0.6) is 0 Å². The van der Waals surface area contributed by atoms with Crippen LogP contribution in [-0.4, -0.2) is 18.5 Å². The Morgan fingerprint density at radius 3 is 2.18 bits per heavy atom. The lowest BCUT2D eigenvalue weighted by atomic mass is 10.3. The van der Waals surface area contributed by atoms with Crippen LogP contribution in [0.1, 0.15) is 39.0 Å². The monoisotopic (exact) mass is 222 g/mol. The topological polar surface area (TPSA) is 9.23 Å². The summed E-state index contributed by atoms with van der Waals surface area (Å²) < 4.78 is 5.42. The Labute approximate surface area is 78.6 Å². The molecule has 2 heteroatoms. The third kappa shape index (κ3) is 10.4. The van der Waals surface area contributed by atoms with E-state index >= 15 is 0 Å². The zero-order valence-corrected chi connectivity index (χ0v) is 9.03. The van der Waals surface area contributed by atoms with Crippen molar-refractivity contribution < 1.29 is 4.74 Å². The maximum Gasteiger partial charge on any atom is 0.0466 e. The van der Waals surface area contributed by atoms with Gasteiger partial charge in [0, 0.05) is 18.5 Å². The van der Waals surface area contributed by atoms with E-state index < -0.39 is 0 Å². The molecule has 0 unspecified atom stereocenters. The summed E-state index contributed by atoms with van der Waals surface area (Å²) in [5.41, 5.74) is 0. The summed E-state index contributed by atoms with van der Waals surface area (Å²) in [4.78, 5) is 0. The van der Waals surface area contributed by atoms with Crippen LogP contribution in [0.2, 0.25) is 0 Å². The molecule has 0 fully saturated rings. The van der Waals surface area contributed by atoms with Gasteiger partial charge in [0.05, 0.1) is 0 Å². The van der Waals surface area contributed by atoms with Crippen molar-refractivity contribution >= 4 is 15.9 Å². The summed E-state index contributed by atoms with van der Waals surface area (Å²) in [6.07, 6.45) is 6.24. The molecule has 0 aliphatic rings. The summed E-state index contributed by atoms with van der Waals surface area (Å²) in [7, 11) is 0. The molecule has 11 heavy (non-hydrogen) atoms. The third-order valence-corrected chi connectivity index (χ3v) is 2.13. The number of ether oxygens (including phenoxy) is 1. The van der Waals surface area contributed by atoms with Crippen molar-refractivity contribution in [1.29, 1.82) is 0 Å². The summed E-state index contributed by atoms with van der Waals surface area (Å²) in [5.74, 6) is 0. The molecule has 0 aromatic rings. The molecule has 0 N–H and O–H groups in total. The fourth-order valence-corrected chi connectivity index (χ4v) is 1.25. The highest BCUT2D eigenvalue weighted by atomic mass is 79.9. The van der Waals surface area contributed by atoms with Gasteiger partial charge in [-0.3, -0.25) is 0 Å². The molecule has 0 aromatic heterocycles. The number of alkyl halides is 1. The van der Waals surface area contributed by atoms with Gasteiger partial charge in [-0.05, 0) is 19.3 Å². The van der Waals surface area contributed by atoms with E-state index in [1.165, 1.54) is 32.1 Å². The van der Waals surface area contributed by atoms with Crippen molar-refractivity contribution in [1.82, 2.24) is 0 Å². The zero-order chi connectivity index (χ0) is 8.36. The summed E-state index contributed by atoms with van der Waals surface area (Å²) in [6, 6.07) is 0. The predicted octanol–water partition coefficient (Wildman–Crippen LogP) is 3.37. The first-order valence-corrected chi connectivity index (χ1v) is 5.67. The molecule has 0 atom stereocenters. The van der Waals surface area contributed by atoms with Crippen LogP contribution in [0.4, 0.5) is 0 Å². The van der Waals surface area contributed by atoms with E-state index in [4.69, 9.17) is 4.74 Å². The van der Waals surface area contributed by atoms with Gasteiger partial charge in [0.1, 0.15) is 0 Å². The van der Waals surface area contributed by atoms with Crippen molar-refractivity contribution in [3.8, 4) is 0 Å². The van der Waals surface area contributed by atoms with Gasteiger partial charge in [0.2, 0.25) is 0 Å².